The van der Waals surface area contributed by atoms with Crippen molar-refractivity contribution in [1.29, 1.82) is 0 Å². The van der Waals surface area contributed by atoms with Crippen LogP contribution in [0.4, 0.5) is 0 Å². The molecule has 2 unspecified atom stereocenters. The average Bonchev–Trinajstić information content (AvgIpc) is 2.85. The maximum atomic E-state index is 12.2. The fourth-order valence-electron chi connectivity index (χ4n) is 2.98. The molecule has 22 heavy (non-hydrogen) atoms. The number of allylic oxidation sites excluding steroid dienone is 1. The molecule has 0 fully saturated rings. The smallest absolute Gasteiger partial charge is 0.252 e. The lowest BCUT2D eigenvalue weighted by atomic mass is 9.85. The number of fused-ring (bicyclic) bond motifs is 1. The van der Waals surface area contributed by atoms with Gasteiger partial charge in [0, 0.05) is 11.5 Å². The van der Waals surface area contributed by atoms with E-state index in [1.165, 1.54) is 0 Å². The fraction of sp³-hybridized carbons (Fsp3) is 0.167. The van der Waals surface area contributed by atoms with Gasteiger partial charge >= 0.3 is 0 Å². The Labute approximate surface area is 139 Å². The van der Waals surface area contributed by atoms with Crippen molar-refractivity contribution in [1.82, 2.24) is 5.32 Å². The molecule has 1 N–H and O–H groups in total. The van der Waals surface area contributed by atoms with Gasteiger partial charge in [0.25, 0.3) is 5.91 Å². The summed E-state index contributed by atoms with van der Waals surface area (Å²) in [5, 5.41) is 4.12. The standard InChI is InChI=1S/C18H15Cl2NO/c1-2-5-12(11-8-9-15(19)16(20)10-11)17-13-6-3-4-7-14(13)18(22)21-17/h2-4,6-10,12,17H,1,5H2,(H,21,22). The second-order valence-electron chi connectivity index (χ2n) is 5.34. The fourth-order valence-corrected chi connectivity index (χ4v) is 3.28. The minimum absolute atomic E-state index is 0.0327. The molecule has 112 valence electrons. The Morgan fingerprint density at radius 3 is 2.68 bits per heavy atom. The normalized spacial score (nSPS) is 17.7. The van der Waals surface area contributed by atoms with E-state index < -0.39 is 0 Å². The molecular weight excluding hydrogens is 317 g/mol. The predicted molar refractivity (Wildman–Crippen MR) is 90.7 cm³/mol. The van der Waals surface area contributed by atoms with Crippen LogP contribution < -0.4 is 5.32 Å². The summed E-state index contributed by atoms with van der Waals surface area (Å²) in [4.78, 5) is 12.2. The Balaban J connectivity index is 2.04. The molecule has 2 nitrogen and oxygen atoms in total. The first-order valence-corrected chi connectivity index (χ1v) is 7.83. The maximum absolute atomic E-state index is 12.2. The van der Waals surface area contributed by atoms with Crippen molar-refractivity contribution in [2.45, 2.75) is 18.4 Å². The van der Waals surface area contributed by atoms with Crippen LogP contribution >= 0.6 is 23.2 Å². The lowest BCUT2D eigenvalue weighted by molar-refractivity contribution is 0.0952. The van der Waals surface area contributed by atoms with Crippen molar-refractivity contribution >= 4 is 29.1 Å². The van der Waals surface area contributed by atoms with Crippen LogP contribution in [0.5, 0.6) is 0 Å². The number of halogens is 2. The van der Waals surface area contributed by atoms with Gasteiger partial charge in [0.15, 0.2) is 0 Å². The number of carbonyl (C=O) groups excluding carboxylic acids is 1. The van der Waals surface area contributed by atoms with Crippen LogP contribution in [0, 0.1) is 0 Å². The summed E-state index contributed by atoms with van der Waals surface area (Å²) < 4.78 is 0. The molecule has 1 aliphatic heterocycles. The molecule has 0 radical (unpaired) electrons. The third kappa shape index (κ3) is 2.65. The molecular formula is C18H15Cl2NO. The van der Waals surface area contributed by atoms with Crippen LogP contribution in [0.1, 0.15) is 39.9 Å². The molecule has 2 aromatic rings. The number of benzene rings is 2. The van der Waals surface area contributed by atoms with Gasteiger partial charge in [0.1, 0.15) is 0 Å². The highest BCUT2D eigenvalue weighted by Gasteiger charge is 2.34. The lowest BCUT2D eigenvalue weighted by Gasteiger charge is -2.24. The molecule has 1 amide bonds. The van der Waals surface area contributed by atoms with E-state index in [1.807, 2.05) is 42.5 Å². The van der Waals surface area contributed by atoms with E-state index in [2.05, 4.69) is 11.9 Å². The molecule has 0 spiro atoms. The Kier molecular flexibility index (Phi) is 4.23. The molecule has 0 saturated heterocycles. The molecule has 0 saturated carbocycles. The summed E-state index contributed by atoms with van der Waals surface area (Å²) in [6.07, 6.45) is 2.59. The summed E-state index contributed by atoms with van der Waals surface area (Å²) in [5.74, 6) is 0.0367. The van der Waals surface area contributed by atoms with E-state index in [0.29, 0.717) is 10.0 Å². The summed E-state index contributed by atoms with van der Waals surface area (Å²) >= 11 is 12.2. The third-order valence-electron chi connectivity index (χ3n) is 4.02. The largest absolute Gasteiger partial charge is 0.345 e. The highest BCUT2D eigenvalue weighted by Crippen LogP contribution is 2.40. The van der Waals surface area contributed by atoms with Crippen molar-refractivity contribution in [2.75, 3.05) is 0 Å². The Hall–Kier alpha value is -1.77. The third-order valence-corrected chi connectivity index (χ3v) is 4.76. The summed E-state index contributed by atoms with van der Waals surface area (Å²) in [7, 11) is 0. The van der Waals surface area contributed by atoms with Crippen LogP contribution in [0.2, 0.25) is 10.0 Å². The van der Waals surface area contributed by atoms with Gasteiger partial charge in [-0.2, -0.15) is 0 Å². The molecule has 0 bridgehead atoms. The van der Waals surface area contributed by atoms with E-state index in [0.717, 1.165) is 23.1 Å². The van der Waals surface area contributed by atoms with Crippen molar-refractivity contribution in [3.8, 4) is 0 Å². The Morgan fingerprint density at radius 2 is 1.95 bits per heavy atom. The SMILES string of the molecule is C=CCC(c1ccc(Cl)c(Cl)c1)C1NC(=O)c2ccccc21. The van der Waals surface area contributed by atoms with Crippen LogP contribution in [-0.4, -0.2) is 5.91 Å². The minimum atomic E-state index is -0.0843. The monoisotopic (exact) mass is 331 g/mol. The Morgan fingerprint density at radius 1 is 1.18 bits per heavy atom. The van der Waals surface area contributed by atoms with Gasteiger partial charge < -0.3 is 5.32 Å². The first-order chi connectivity index (χ1) is 10.6. The molecule has 3 rings (SSSR count). The molecule has 1 aliphatic rings. The zero-order valence-corrected chi connectivity index (χ0v) is 13.4. The van der Waals surface area contributed by atoms with Crippen LogP contribution in [0.15, 0.2) is 55.1 Å². The number of amides is 1. The van der Waals surface area contributed by atoms with Gasteiger partial charge in [-0.05, 0) is 35.7 Å². The van der Waals surface area contributed by atoms with E-state index in [-0.39, 0.29) is 17.9 Å². The molecule has 0 aliphatic carbocycles. The van der Waals surface area contributed by atoms with Crippen molar-refractivity contribution in [2.24, 2.45) is 0 Å². The highest BCUT2D eigenvalue weighted by molar-refractivity contribution is 6.42. The first kappa shape index (κ1) is 15.1. The van der Waals surface area contributed by atoms with Crippen LogP contribution in [0.25, 0.3) is 0 Å². The second kappa shape index (κ2) is 6.15. The zero-order chi connectivity index (χ0) is 15.7. The number of hydrogen-bond donors (Lipinski definition) is 1. The van der Waals surface area contributed by atoms with Gasteiger partial charge in [-0.1, -0.05) is 53.5 Å². The second-order valence-corrected chi connectivity index (χ2v) is 6.16. The quantitative estimate of drug-likeness (QED) is 0.772. The summed E-state index contributed by atoms with van der Waals surface area (Å²) in [5.41, 5.74) is 2.79. The van der Waals surface area contributed by atoms with Crippen LogP contribution in [-0.2, 0) is 0 Å². The van der Waals surface area contributed by atoms with Gasteiger partial charge in [-0.15, -0.1) is 6.58 Å². The summed E-state index contributed by atoms with van der Waals surface area (Å²) in [6, 6.07) is 13.2. The van der Waals surface area contributed by atoms with Crippen LogP contribution in [0.3, 0.4) is 0 Å². The number of hydrogen-bond acceptors (Lipinski definition) is 1. The van der Waals surface area contributed by atoms with E-state index >= 15 is 0 Å². The maximum Gasteiger partial charge on any atom is 0.252 e. The van der Waals surface area contributed by atoms with Crippen molar-refractivity contribution < 1.29 is 4.79 Å². The number of carbonyl (C=O) groups is 1. The van der Waals surface area contributed by atoms with Crippen molar-refractivity contribution in [3.63, 3.8) is 0 Å². The number of rotatable bonds is 4. The molecule has 0 aromatic heterocycles. The Bertz CT molecular complexity index is 742. The number of nitrogens with one attached hydrogen (secondary N) is 1. The lowest BCUT2D eigenvalue weighted by Crippen LogP contribution is -2.24. The van der Waals surface area contributed by atoms with Gasteiger partial charge in [-0.3, -0.25) is 4.79 Å². The van der Waals surface area contributed by atoms with Gasteiger partial charge in [-0.25, -0.2) is 0 Å². The molecule has 2 atom stereocenters. The van der Waals surface area contributed by atoms with E-state index in [4.69, 9.17) is 23.2 Å². The molecule has 2 aromatic carbocycles. The molecule has 4 heteroatoms. The van der Waals surface area contributed by atoms with E-state index in [1.54, 1.807) is 6.07 Å². The van der Waals surface area contributed by atoms with Gasteiger partial charge in [0.05, 0.1) is 16.1 Å². The minimum Gasteiger partial charge on any atom is -0.345 e. The average molecular weight is 332 g/mol. The van der Waals surface area contributed by atoms with E-state index in [9.17, 15) is 4.79 Å². The van der Waals surface area contributed by atoms with Gasteiger partial charge in [0.2, 0.25) is 0 Å². The highest BCUT2D eigenvalue weighted by atomic mass is 35.5. The summed E-state index contributed by atoms with van der Waals surface area (Å²) in [6.45, 7) is 3.84. The zero-order valence-electron chi connectivity index (χ0n) is 11.9. The topological polar surface area (TPSA) is 29.1 Å². The molecule has 1 heterocycles. The van der Waals surface area contributed by atoms with Crippen molar-refractivity contribution in [3.05, 3.63) is 81.9 Å². The predicted octanol–water partition coefficient (Wildman–Crippen LogP) is 5.14. The first-order valence-electron chi connectivity index (χ1n) is 7.07.